The van der Waals surface area contributed by atoms with Gasteiger partial charge in [-0.15, -0.1) is 0 Å². The van der Waals surface area contributed by atoms with Crippen molar-refractivity contribution in [1.82, 2.24) is 4.90 Å². The van der Waals surface area contributed by atoms with Crippen molar-refractivity contribution in [1.29, 1.82) is 0 Å². The van der Waals surface area contributed by atoms with E-state index in [1.165, 1.54) is 32.1 Å². The van der Waals surface area contributed by atoms with Crippen LogP contribution in [0.5, 0.6) is 0 Å². The van der Waals surface area contributed by atoms with E-state index in [9.17, 15) is 0 Å². The monoisotopic (exact) mass is 226 g/mol. The minimum Gasteiger partial charge on any atom is -0.383 e. The van der Waals surface area contributed by atoms with Gasteiger partial charge in [-0.25, -0.2) is 0 Å². The lowest BCUT2D eigenvalue weighted by Gasteiger charge is -2.34. The highest BCUT2D eigenvalue weighted by Gasteiger charge is 2.36. The Morgan fingerprint density at radius 1 is 1.31 bits per heavy atom. The average Bonchev–Trinajstić information content (AvgIpc) is 3.03. The van der Waals surface area contributed by atoms with Gasteiger partial charge in [0.1, 0.15) is 0 Å². The molecule has 0 heterocycles. The molecule has 2 aliphatic carbocycles. The fourth-order valence-corrected chi connectivity index (χ4v) is 3.06. The number of nitrogens with zero attached hydrogens (tertiary/aromatic N) is 1. The van der Waals surface area contributed by atoms with Crippen LogP contribution >= 0.6 is 0 Å². The highest BCUT2D eigenvalue weighted by atomic mass is 16.5. The van der Waals surface area contributed by atoms with E-state index >= 15 is 0 Å². The molecule has 2 fully saturated rings. The van der Waals surface area contributed by atoms with E-state index in [-0.39, 0.29) is 0 Å². The number of nitrogens with two attached hydrogens (primary N) is 1. The van der Waals surface area contributed by atoms with Gasteiger partial charge in [0.25, 0.3) is 0 Å². The molecule has 3 heteroatoms. The molecule has 3 atom stereocenters. The van der Waals surface area contributed by atoms with Crippen molar-refractivity contribution in [2.24, 2.45) is 11.7 Å². The maximum absolute atomic E-state index is 6.03. The topological polar surface area (TPSA) is 38.5 Å². The predicted octanol–water partition coefficient (Wildman–Crippen LogP) is 1.61. The first kappa shape index (κ1) is 12.3. The molecule has 0 amide bonds. The van der Waals surface area contributed by atoms with Gasteiger partial charge >= 0.3 is 0 Å². The van der Waals surface area contributed by atoms with E-state index in [0.29, 0.717) is 12.1 Å². The molecule has 0 radical (unpaired) electrons. The van der Waals surface area contributed by atoms with Crippen LogP contribution in [0.2, 0.25) is 0 Å². The minimum atomic E-state index is 0.432. The summed E-state index contributed by atoms with van der Waals surface area (Å²) in [6.07, 6.45) is 6.50. The van der Waals surface area contributed by atoms with Gasteiger partial charge < -0.3 is 10.5 Å². The molecule has 2 saturated carbocycles. The van der Waals surface area contributed by atoms with Crippen molar-refractivity contribution < 1.29 is 4.74 Å². The number of hydrogen-bond acceptors (Lipinski definition) is 3. The number of ether oxygens (including phenoxy) is 1. The smallest absolute Gasteiger partial charge is 0.0589 e. The van der Waals surface area contributed by atoms with E-state index < -0.39 is 0 Å². The summed E-state index contributed by atoms with van der Waals surface area (Å²) in [4.78, 5) is 2.66. The van der Waals surface area contributed by atoms with Crippen LogP contribution in [0.25, 0.3) is 0 Å². The molecule has 2 N–H and O–H groups in total. The molecule has 0 aliphatic heterocycles. The molecule has 0 aromatic heterocycles. The zero-order chi connectivity index (χ0) is 11.5. The molecule has 94 valence electrons. The summed E-state index contributed by atoms with van der Waals surface area (Å²) in [5.74, 6) is 0.939. The summed E-state index contributed by atoms with van der Waals surface area (Å²) in [6.45, 7) is 4.31. The molecule has 0 spiro atoms. The van der Waals surface area contributed by atoms with Gasteiger partial charge in [-0.05, 0) is 44.9 Å². The Hall–Kier alpha value is -0.120. The van der Waals surface area contributed by atoms with Crippen LogP contribution in [0.4, 0.5) is 0 Å². The molecule has 0 saturated heterocycles. The van der Waals surface area contributed by atoms with E-state index in [0.717, 1.165) is 25.1 Å². The van der Waals surface area contributed by atoms with E-state index in [1.807, 2.05) is 0 Å². The van der Waals surface area contributed by atoms with Gasteiger partial charge in [0.2, 0.25) is 0 Å². The molecule has 16 heavy (non-hydrogen) atoms. The fourth-order valence-electron chi connectivity index (χ4n) is 3.06. The molecule has 0 aromatic carbocycles. The number of hydrogen-bond donors (Lipinski definition) is 1. The Morgan fingerprint density at radius 2 is 2.06 bits per heavy atom. The normalized spacial score (nSPS) is 32.2. The van der Waals surface area contributed by atoms with Gasteiger partial charge in [0.05, 0.1) is 6.61 Å². The quantitative estimate of drug-likeness (QED) is 0.748. The van der Waals surface area contributed by atoms with Gasteiger partial charge in [0.15, 0.2) is 0 Å². The molecule has 2 aliphatic rings. The summed E-state index contributed by atoms with van der Waals surface area (Å²) in [5, 5.41) is 0. The van der Waals surface area contributed by atoms with Crippen LogP contribution < -0.4 is 5.73 Å². The molecule has 2 rings (SSSR count). The highest BCUT2D eigenvalue weighted by molar-refractivity contribution is 4.92. The number of rotatable bonds is 6. The lowest BCUT2D eigenvalue weighted by atomic mass is 10.1. The lowest BCUT2D eigenvalue weighted by Crippen LogP contribution is -2.44. The largest absolute Gasteiger partial charge is 0.383 e. The fraction of sp³-hybridized carbons (Fsp3) is 1.00. The molecule has 3 unspecified atom stereocenters. The third-order valence-electron chi connectivity index (χ3n) is 4.30. The minimum absolute atomic E-state index is 0.432. The van der Waals surface area contributed by atoms with Crippen LogP contribution in [-0.2, 0) is 4.74 Å². The summed E-state index contributed by atoms with van der Waals surface area (Å²) < 4.78 is 5.24. The van der Waals surface area contributed by atoms with Gasteiger partial charge in [-0.3, -0.25) is 4.90 Å². The Morgan fingerprint density at radius 3 is 2.56 bits per heavy atom. The molecule has 3 nitrogen and oxygen atoms in total. The van der Waals surface area contributed by atoms with Crippen molar-refractivity contribution in [3.8, 4) is 0 Å². The van der Waals surface area contributed by atoms with Crippen LogP contribution in [0, 0.1) is 5.92 Å². The zero-order valence-electron chi connectivity index (χ0n) is 10.7. The maximum Gasteiger partial charge on any atom is 0.0589 e. The SMILES string of the molecule is COCCN(C1CCC(N)C1)C(C)C1CC1. The Labute approximate surface area is 99.3 Å². The molecular weight excluding hydrogens is 200 g/mol. The first-order valence-corrected chi connectivity index (χ1v) is 6.72. The standard InChI is InChI=1S/C13H26N2O/c1-10(11-3-4-11)15(7-8-16-2)13-6-5-12(14)9-13/h10-13H,3-9,14H2,1-2H3. The van der Waals surface area contributed by atoms with Crippen molar-refractivity contribution in [3.63, 3.8) is 0 Å². The Bertz CT molecular complexity index is 218. The third kappa shape index (κ3) is 2.96. The molecule has 0 bridgehead atoms. The van der Waals surface area contributed by atoms with Gasteiger partial charge in [-0.1, -0.05) is 0 Å². The second-order valence-electron chi connectivity index (χ2n) is 5.54. The summed E-state index contributed by atoms with van der Waals surface area (Å²) in [5.41, 5.74) is 6.03. The zero-order valence-corrected chi connectivity index (χ0v) is 10.7. The second kappa shape index (κ2) is 5.48. The first-order chi connectivity index (χ1) is 7.72. The summed E-state index contributed by atoms with van der Waals surface area (Å²) in [7, 11) is 1.79. The van der Waals surface area contributed by atoms with Gasteiger partial charge in [-0.2, -0.15) is 0 Å². The molecular formula is C13H26N2O. The summed E-state index contributed by atoms with van der Waals surface area (Å²) >= 11 is 0. The first-order valence-electron chi connectivity index (χ1n) is 6.72. The van der Waals surface area contributed by atoms with E-state index in [2.05, 4.69) is 11.8 Å². The summed E-state index contributed by atoms with van der Waals surface area (Å²) in [6, 6.07) is 1.87. The molecule has 0 aromatic rings. The van der Waals surface area contributed by atoms with Crippen LogP contribution in [0.15, 0.2) is 0 Å². The van der Waals surface area contributed by atoms with E-state index in [1.54, 1.807) is 7.11 Å². The second-order valence-corrected chi connectivity index (χ2v) is 5.54. The number of methoxy groups -OCH3 is 1. The van der Waals surface area contributed by atoms with Crippen molar-refractivity contribution >= 4 is 0 Å². The van der Waals surface area contributed by atoms with Crippen LogP contribution in [0.3, 0.4) is 0 Å². The average molecular weight is 226 g/mol. The van der Waals surface area contributed by atoms with Crippen LogP contribution in [0.1, 0.15) is 39.0 Å². The van der Waals surface area contributed by atoms with Crippen molar-refractivity contribution in [3.05, 3.63) is 0 Å². The Balaban J connectivity index is 1.90. The van der Waals surface area contributed by atoms with Crippen molar-refractivity contribution in [2.75, 3.05) is 20.3 Å². The van der Waals surface area contributed by atoms with E-state index in [4.69, 9.17) is 10.5 Å². The highest BCUT2D eigenvalue weighted by Crippen LogP contribution is 2.37. The maximum atomic E-state index is 6.03. The predicted molar refractivity (Wildman–Crippen MR) is 66.4 cm³/mol. The van der Waals surface area contributed by atoms with Crippen molar-refractivity contribution in [2.45, 2.75) is 57.2 Å². The lowest BCUT2D eigenvalue weighted by molar-refractivity contribution is 0.0826. The Kier molecular flexibility index (Phi) is 4.22. The van der Waals surface area contributed by atoms with Gasteiger partial charge in [0, 0.05) is 31.8 Å². The van der Waals surface area contributed by atoms with Crippen LogP contribution in [-0.4, -0.2) is 43.3 Å². The third-order valence-corrected chi connectivity index (χ3v) is 4.30.